The van der Waals surface area contributed by atoms with Crippen LogP contribution in [0.25, 0.3) is 0 Å². The quantitative estimate of drug-likeness (QED) is 0.377. The molecule has 0 spiro atoms. The van der Waals surface area contributed by atoms with E-state index in [-0.39, 0.29) is 0 Å². The zero-order valence-corrected chi connectivity index (χ0v) is 12.6. The zero-order chi connectivity index (χ0) is 15.4. The van der Waals surface area contributed by atoms with Gasteiger partial charge in [0.05, 0.1) is 0 Å². The van der Waals surface area contributed by atoms with E-state index in [1.807, 2.05) is 6.92 Å². The summed E-state index contributed by atoms with van der Waals surface area (Å²) in [5.41, 5.74) is -0.584. The second-order valence-electron chi connectivity index (χ2n) is 4.92. The third-order valence-electron chi connectivity index (χ3n) is 3.16. The number of ether oxygens (including phenoxy) is 1. The standard InChI is InChI=1S/C14H26O6/c1-4-7-10-14(9-6-3,11-8-5-2)18-13(17)20-19-12(15)16/h4-11H2,1-3H3,(H,15,16). The minimum atomic E-state index is -1.68. The van der Waals surface area contributed by atoms with Crippen molar-refractivity contribution >= 4 is 12.3 Å². The highest BCUT2D eigenvalue weighted by molar-refractivity contribution is 5.62. The molecule has 0 unspecified atom stereocenters. The van der Waals surface area contributed by atoms with Crippen molar-refractivity contribution in [3.05, 3.63) is 0 Å². The Bertz CT molecular complexity index is 281. The number of hydrogen-bond acceptors (Lipinski definition) is 5. The van der Waals surface area contributed by atoms with Crippen molar-refractivity contribution in [1.82, 2.24) is 0 Å². The molecular weight excluding hydrogens is 264 g/mol. The highest BCUT2D eigenvalue weighted by Crippen LogP contribution is 2.31. The molecule has 6 heteroatoms. The fraction of sp³-hybridized carbons (Fsp3) is 0.857. The summed E-state index contributed by atoms with van der Waals surface area (Å²) in [5, 5.41) is 8.29. The Morgan fingerprint density at radius 2 is 1.45 bits per heavy atom. The van der Waals surface area contributed by atoms with Gasteiger partial charge in [-0.05, 0) is 32.1 Å². The summed E-state index contributed by atoms with van der Waals surface area (Å²) < 4.78 is 5.38. The maximum absolute atomic E-state index is 11.5. The van der Waals surface area contributed by atoms with Crippen LogP contribution < -0.4 is 0 Å². The minimum absolute atomic E-state index is 0.584. The Balaban J connectivity index is 4.67. The van der Waals surface area contributed by atoms with E-state index in [9.17, 15) is 9.59 Å². The van der Waals surface area contributed by atoms with Crippen LogP contribution in [0.3, 0.4) is 0 Å². The van der Waals surface area contributed by atoms with Gasteiger partial charge in [0, 0.05) is 0 Å². The van der Waals surface area contributed by atoms with Gasteiger partial charge in [0.25, 0.3) is 0 Å². The summed E-state index contributed by atoms with van der Waals surface area (Å²) in [6, 6.07) is 0. The first kappa shape index (κ1) is 18.5. The Morgan fingerprint density at radius 1 is 0.900 bits per heavy atom. The van der Waals surface area contributed by atoms with Crippen molar-refractivity contribution in [2.75, 3.05) is 0 Å². The van der Waals surface area contributed by atoms with Crippen LogP contribution in [0.2, 0.25) is 0 Å². The molecule has 0 saturated carbocycles. The van der Waals surface area contributed by atoms with Crippen LogP contribution in [-0.4, -0.2) is 23.0 Å². The largest absolute Gasteiger partial charge is 0.550 e. The maximum Gasteiger partial charge on any atom is 0.550 e. The van der Waals surface area contributed by atoms with Gasteiger partial charge in [-0.15, -0.1) is 0 Å². The molecule has 0 bridgehead atoms. The predicted molar refractivity (Wildman–Crippen MR) is 73.4 cm³/mol. The van der Waals surface area contributed by atoms with Gasteiger partial charge in [-0.2, -0.15) is 9.68 Å². The Labute approximate surface area is 120 Å². The molecule has 0 rings (SSSR count). The fourth-order valence-corrected chi connectivity index (χ4v) is 2.25. The number of carbonyl (C=O) groups excluding carboxylic acids is 1. The van der Waals surface area contributed by atoms with Gasteiger partial charge in [0.15, 0.2) is 0 Å². The van der Waals surface area contributed by atoms with E-state index in [0.29, 0.717) is 0 Å². The molecule has 0 aliphatic heterocycles. The molecular formula is C14H26O6. The summed E-state index contributed by atoms with van der Waals surface area (Å²) >= 11 is 0. The zero-order valence-electron chi connectivity index (χ0n) is 12.6. The lowest BCUT2D eigenvalue weighted by atomic mass is 9.86. The van der Waals surface area contributed by atoms with Crippen LogP contribution in [0, 0.1) is 0 Å². The van der Waals surface area contributed by atoms with E-state index < -0.39 is 17.9 Å². The van der Waals surface area contributed by atoms with Gasteiger partial charge in [-0.1, -0.05) is 40.0 Å². The van der Waals surface area contributed by atoms with Gasteiger partial charge in [0.1, 0.15) is 5.60 Å². The molecule has 0 aromatic rings. The molecule has 1 N–H and O–H groups in total. The normalized spacial score (nSPS) is 10.9. The molecule has 0 radical (unpaired) electrons. The molecule has 0 fully saturated rings. The van der Waals surface area contributed by atoms with Gasteiger partial charge in [-0.3, -0.25) is 0 Å². The number of unbranched alkanes of at least 4 members (excludes halogenated alkanes) is 2. The molecule has 0 aliphatic carbocycles. The SMILES string of the molecule is CCCCC(CCC)(CCCC)OC(=O)OOC(=O)O. The maximum atomic E-state index is 11.5. The molecule has 0 heterocycles. The molecule has 20 heavy (non-hydrogen) atoms. The van der Waals surface area contributed by atoms with Crippen LogP contribution in [0.4, 0.5) is 9.59 Å². The number of hydrogen-bond donors (Lipinski definition) is 1. The van der Waals surface area contributed by atoms with Crippen LogP contribution in [0.1, 0.15) is 72.1 Å². The molecule has 118 valence electrons. The smallest absolute Gasteiger partial charge is 0.447 e. The molecule has 0 aliphatic rings. The van der Waals surface area contributed by atoms with E-state index in [2.05, 4.69) is 23.6 Å². The average Bonchev–Trinajstić information content (AvgIpc) is 2.41. The average molecular weight is 290 g/mol. The summed E-state index contributed by atoms with van der Waals surface area (Å²) in [7, 11) is 0. The van der Waals surface area contributed by atoms with Gasteiger partial charge >= 0.3 is 12.3 Å². The summed E-state index contributed by atoms with van der Waals surface area (Å²) in [4.78, 5) is 29.6. The lowest BCUT2D eigenvalue weighted by molar-refractivity contribution is -0.225. The van der Waals surface area contributed by atoms with Gasteiger partial charge in [-0.25, -0.2) is 9.68 Å². The molecule has 0 atom stereocenters. The van der Waals surface area contributed by atoms with Crippen molar-refractivity contribution in [1.29, 1.82) is 0 Å². The Kier molecular flexibility index (Phi) is 9.59. The van der Waals surface area contributed by atoms with E-state index in [1.54, 1.807) is 0 Å². The van der Waals surface area contributed by atoms with Crippen LogP contribution in [0.15, 0.2) is 0 Å². The van der Waals surface area contributed by atoms with Crippen LogP contribution >= 0.6 is 0 Å². The van der Waals surface area contributed by atoms with E-state index in [0.717, 1.165) is 51.4 Å². The number of rotatable bonds is 9. The number of carbonyl (C=O) groups is 2. The topological polar surface area (TPSA) is 82.1 Å². The van der Waals surface area contributed by atoms with Crippen molar-refractivity contribution < 1.29 is 29.2 Å². The summed E-state index contributed by atoms with van der Waals surface area (Å²) in [5.74, 6) is 0. The predicted octanol–water partition coefficient (Wildman–Crippen LogP) is 4.67. The second kappa shape index (κ2) is 10.3. The first-order valence-corrected chi connectivity index (χ1v) is 7.30. The number of carboxylic acid groups (broad SMARTS) is 1. The molecule has 0 amide bonds. The first-order chi connectivity index (χ1) is 9.49. The Morgan fingerprint density at radius 3 is 1.85 bits per heavy atom. The van der Waals surface area contributed by atoms with Crippen molar-refractivity contribution in [3.8, 4) is 0 Å². The minimum Gasteiger partial charge on any atom is -0.447 e. The summed E-state index contributed by atoms with van der Waals surface area (Å²) in [6.07, 6.45) is 4.23. The van der Waals surface area contributed by atoms with Crippen LogP contribution in [-0.2, 0) is 14.5 Å². The van der Waals surface area contributed by atoms with Crippen molar-refractivity contribution in [2.24, 2.45) is 0 Å². The highest BCUT2D eigenvalue weighted by atomic mass is 17.3. The lowest BCUT2D eigenvalue weighted by Gasteiger charge is -2.32. The third kappa shape index (κ3) is 7.86. The van der Waals surface area contributed by atoms with E-state index in [4.69, 9.17) is 9.84 Å². The van der Waals surface area contributed by atoms with Crippen molar-refractivity contribution in [2.45, 2.75) is 77.7 Å². The highest BCUT2D eigenvalue weighted by Gasteiger charge is 2.33. The lowest BCUT2D eigenvalue weighted by Crippen LogP contribution is -2.35. The first-order valence-electron chi connectivity index (χ1n) is 7.30. The molecule has 6 nitrogen and oxygen atoms in total. The van der Waals surface area contributed by atoms with Crippen LogP contribution in [0.5, 0.6) is 0 Å². The van der Waals surface area contributed by atoms with Gasteiger partial charge < -0.3 is 9.84 Å². The third-order valence-corrected chi connectivity index (χ3v) is 3.16. The fourth-order valence-electron chi connectivity index (χ4n) is 2.25. The monoisotopic (exact) mass is 290 g/mol. The molecule has 0 saturated heterocycles. The van der Waals surface area contributed by atoms with Gasteiger partial charge in [0.2, 0.25) is 0 Å². The second-order valence-corrected chi connectivity index (χ2v) is 4.92. The molecule has 0 aromatic heterocycles. The van der Waals surface area contributed by atoms with E-state index in [1.165, 1.54) is 0 Å². The van der Waals surface area contributed by atoms with E-state index >= 15 is 0 Å². The Hall–Kier alpha value is -1.46. The van der Waals surface area contributed by atoms with Crippen molar-refractivity contribution in [3.63, 3.8) is 0 Å². The molecule has 0 aromatic carbocycles. The summed E-state index contributed by atoms with van der Waals surface area (Å²) in [6.45, 7) is 6.17.